The summed E-state index contributed by atoms with van der Waals surface area (Å²) in [7, 11) is 0. The Morgan fingerprint density at radius 3 is 3.09 bits per heavy atom. The van der Waals surface area contributed by atoms with Gasteiger partial charge in [-0.3, -0.25) is 4.68 Å². The zero-order chi connectivity index (χ0) is 8.27. The van der Waals surface area contributed by atoms with Crippen LogP contribution < -0.4 is 0 Å². The Balaban J connectivity index is 2.75. The molecule has 0 fully saturated rings. The maximum Gasteiger partial charge on any atom is 0.102 e. The number of allylic oxidation sites excluding steroid dienone is 1. The van der Waals surface area contributed by atoms with Gasteiger partial charge in [0.25, 0.3) is 0 Å². The second kappa shape index (κ2) is 3.35. The zero-order valence-corrected chi connectivity index (χ0v) is 7.37. The molecule has 0 spiro atoms. The molecule has 0 aromatic carbocycles. The molecule has 11 heavy (non-hydrogen) atoms. The van der Waals surface area contributed by atoms with Gasteiger partial charge in [0.05, 0.1) is 18.3 Å². The largest absolute Gasteiger partial charge is 0.266 e. The van der Waals surface area contributed by atoms with E-state index in [1.54, 1.807) is 10.9 Å². The van der Waals surface area contributed by atoms with Gasteiger partial charge in [0.1, 0.15) is 6.07 Å². The lowest BCUT2D eigenvalue weighted by atomic mass is 10.4. The van der Waals surface area contributed by atoms with Crippen LogP contribution in [-0.4, -0.2) is 9.78 Å². The van der Waals surface area contributed by atoms with E-state index in [2.05, 4.69) is 27.6 Å². The molecule has 0 N–H and O–H groups in total. The highest BCUT2D eigenvalue weighted by atomic mass is 79.9. The minimum Gasteiger partial charge on any atom is -0.266 e. The second-order valence-electron chi connectivity index (χ2n) is 2.06. The summed E-state index contributed by atoms with van der Waals surface area (Å²) in [6.45, 7) is 4.26. The van der Waals surface area contributed by atoms with Crippen molar-refractivity contribution < 1.29 is 0 Å². The molecule has 56 valence electrons. The van der Waals surface area contributed by atoms with Crippen molar-refractivity contribution in [1.29, 1.82) is 5.26 Å². The van der Waals surface area contributed by atoms with E-state index >= 15 is 0 Å². The third-order valence-electron chi connectivity index (χ3n) is 1.10. The fraction of sp³-hybridized carbons (Fsp3) is 0.143. The number of aromatic nitrogens is 2. The number of halogens is 1. The summed E-state index contributed by atoms with van der Waals surface area (Å²) in [4.78, 5) is 0. The highest BCUT2D eigenvalue weighted by Crippen LogP contribution is 2.04. The molecule has 0 radical (unpaired) electrons. The summed E-state index contributed by atoms with van der Waals surface area (Å²) in [5, 5.41) is 12.4. The number of hydrogen-bond donors (Lipinski definition) is 0. The fourth-order valence-electron chi connectivity index (χ4n) is 0.684. The van der Waals surface area contributed by atoms with Gasteiger partial charge in [-0.25, -0.2) is 0 Å². The van der Waals surface area contributed by atoms with Crippen LogP contribution in [0.25, 0.3) is 0 Å². The molecule has 0 unspecified atom stereocenters. The first kappa shape index (κ1) is 8.02. The molecule has 4 heteroatoms. The fourth-order valence-corrected chi connectivity index (χ4v) is 0.940. The first-order valence-corrected chi connectivity index (χ1v) is 3.77. The quantitative estimate of drug-likeness (QED) is 0.747. The summed E-state index contributed by atoms with van der Waals surface area (Å²) in [6, 6.07) is 1.99. The Bertz CT molecular complexity index is 308. The van der Waals surface area contributed by atoms with Crippen LogP contribution in [0.2, 0.25) is 0 Å². The van der Waals surface area contributed by atoms with E-state index in [4.69, 9.17) is 5.26 Å². The summed E-state index contributed by atoms with van der Waals surface area (Å²) < 4.78 is 2.49. The molecule has 1 heterocycles. The maximum atomic E-state index is 8.45. The van der Waals surface area contributed by atoms with Crippen LogP contribution in [0.1, 0.15) is 5.56 Å². The lowest BCUT2D eigenvalue weighted by molar-refractivity contribution is 0.698. The van der Waals surface area contributed by atoms with E-state index in [0.717, 1.165) is 4.48 Å². The van der Waals surface area contributed by atoms with E-state index < -0.39 is 0 Å². The molecule has 0 bridgehead atoms. The zero-order valence-electron chi connectivity index (χ0n) is 5.79. The second-order valence-corrected chi connectivity index (χ2v) is 3.18. The average Bonchev–Trinajstić information content (AvgIpc) is 2.34. The van der Waals surface area contributed by atoms with Crippen LogP contribution in [0, 0.1) is 11.3 Å². The van der Waals surface area contributed by atoms with Crippen molar-refractivity contribution in [3.8, 4) is 6.07 Å². The van der Waals surface area contributed by atoms with Gasteiger partial charge in [0.2, 0.25) is 0 Å². The van der Waals surface area contributed by atoms with Crippen molar-refractivity contribution in [2.45, 2.75) is 6.54 Å². The standard InChI is InChI=1S/C7H6BrN3/c1-6(8)4-11-5-7(2-9)3-10-11/h3,5H,1,4H2. The van der Waals surface area contributed by atoms with Gasteiger partial charge in [-0.05, 0) is 0 Å². The molecule has 1 aromatic heterocycles. The Morgan fingerprint density at radius 2 is 2.64 bits per heavy atom. The molecule has 0 saturated carbocycles. The van der Waals surface area contributed by atoms with Gasteiger partial charge < -0.3 is 0 Å². The minimum atomic E-state index is 0.568. The van der Waals surface area contributed by atoms with E-state index in [1.165, 1.54) is 6.20 Å². The third kappa shape index (κ3) is 2.20. The molecule has 0 saturated heterocycles. The van der Waals surface area contributed by atoms with Gasteiger partial charge in [-0.2, -0.15) is 10.4 Å². The molecule has 0 amide bonds. The molecule has 0 atom stereocenters. The number of rotatable bonds is 2. The summed E-state index contributed by atoms with van der Waals surface area (Å²) in [5.74, 6) is 0. The van der Waals surface area contributed by atoms with E-state index in [9.17, 15) is 0 Å². The van der Waals surface area contributed by atoms with Crippen molar-refractivity contribution in [1.82, 2.24) is 9.78 Å². The molecule has 0 aliphatic heterocycles. The van der Waals surface area contributed by atoms with Gasteiger partial charge in [0.15, 0.2) is 0 Å². The van der Waals surface area contributed by atoms with Crippen molar-refractivity contribution in [2.24, 2.45) is 0 Å². The van der Waals surface area contributed by atoms with Gasteiger partial charge in [-0.1, -0.05) is 22.5 Å². The Labute approximate surface area is 73.1 Å². The van der Waals surface area contributed by atoms with E-state index in [1.807, 2.05) is 6.07 Å². The first-order valence-electron chi connectivity index (χ1n) is 2.98. The predicted octanol–water partition coefficient (Wildman–Crippen LogP) is 1.66. The molecule has 0 aliphatic carbocycles. The van der Waals surface area contributed by atoms with Gasteiger partial charge in [-0.15, -0.1) is 0 Å². The Kier molecular flexibility index (Phi) is 2.44. The Morgan fingerprint density at radius 1 is 1.91 bits per heavy atom. The number of nitrogens with zero attached hydrogens (tertiary/aromatic N) is 3. The molecular weight excluding hydrogens is 206 g/mol. The Hall–Kier alpha value is -1.08. The van der Waals surface area contributed by atoms with Crippen LogP contribution in [0.4, 0.5) is 0 Å². The van der Waals surface area contributed by atoms with Crippen molar-refractivity contribution in [3.05, 3.63) is 29.0 Å². The van der Waals surface area contributed by atoms with Crippen LogP contribution in [0.3, 0.4) is 0 Å². The third-order valence-corrected chi connectivity index (χ3v) is 1.35. The predicted molar refractivity (Wildman–Crippen MR) is 45.0 cm³/mol. The lowest BCUT2D eigenvalue weighted by Gasteiger charge is -1.95. The highest BCUT2D eigenvalue weighted by molar-refractivity contribution is 9.11. The molecular formula is C7H6BrN3. The first-order chi connectivity index (χ1) is 5.22. The van der Waals surface area contributed by atoms with Gasteiger partial charge in [0, 0.05) is 10.7 Å². The number of hydrogen-bond acceptors (Lipinski definition) is 2. The maximum absolute atomic E-state index is 8.45. The summed E-state index contributed by atoms with van der Waals surface area (Å²) in [5.41, 5.74) is 0.568. The van der Waals surface area contributed by atoms with E-state index in [0.29, 0.717) is 12.1 Å². The average molecular weight is 212 g/mol. The summed E-state index contributed by atoms with van der Waals surface area (Å²) >= 11 is 3.20. The van der Waals surface area contributed by atoms with Crippen molar-refractivity contribution in [2.75, 3.05) is 0 Å². The molecule has 1 rings (SSSR count). The minimum absolute atomic E-state index is 0.568. The topological polar surface area (TPSA) is 41.6 Å². The molecule has 1 aromatic rings. The monoisotopic (exact) mass is 211 g/mol. The van der Waals surface area contributed by atoms with Gasteiger partial charge >= 0.3 is 0 Å². The smallest absolute Gasteiger partial charge is 0.102 e. The molecule has 0 aliphatic rings. The van der Waals surface area contributed by atoms with Crippen LogP contribution in [0.5, 0.6) is 0 Å². The van der Waals surface area contributed by atoms with Crippen molar-refractivity contribution >= 4 is 15.9 Å². The van der Waals surface area contributed by atoms with Crippen molar-refractivity contribution in [3.63, 3.8) is 0 Å². The van der Waals surface area contributed by atoms with E-state index in [-0.39, 0.29) is 0 Å². The number of nitriles is 1. The highest BCUT2D eigenvalue weighted by Gasteiger charge is 1.96. The summed E-state index contributed by atoms with van der Waals surface area (Å²) in [6.07, 6.45) is 3.20. The molecule has 3 nitrogen and oxygen atoms in total. The van der Waals surface area contributed by atoms with Crippen LogP contribution >= 0.6 is 15.9 Å². The van der Waals surface area contributed by atoms with Crippen LogP contribution in [0.15, 0.2) is 23.5 Å². The SMILES string of the molecule is C=C(Br)Cn1cc(C#N)cn1. The normalized spacial score (nSPS) is 9.09. The van der Waals surface area contributed by atoms with Crippen LogP contribution in [-0.2, 0) is 6.54 Å². The lowest BCUT2D eigenvalue weighted by Crippen LogP contribution is -1.96.